The molecule has 1 aliphatic heterocycles. The van der Waals surface area contributed by atoms with E-state index in [1.807, 2.05) is 19.1 Å². The van der Waals surface area contributed by atoms with Gasteiger partial charge in [0.05, 0.1) is 10.8 Å². The largest absolute Gasteiger partial charge is 0.372 e. The summed E-state index contributed by atoms with van der Waals surface area (Å²) in [6, 6.07) is 15.1. The smallest absolute Gasteiger partial charge is 0.243 e. The third kappa shape index (κ3) is 5.66. The zero-order chi connectivity index (χ0) is 22.4. The van der Waals surface area contributed by atoms with Gasteiger partial charge in [-0.1, -0.05) is 29.8 Å². The summed E-state index contributed by atoms with van der Waals surface area (Å²) in [5.74, 6) is -0.416. The molecule has 1 N–H and O–H groups in total. The third-order valence-corrected chi connectivity index (χ3v) is 7.82. The van der Waals surface area contributed by atoms with Gasteiger partial charge in [-0.15, -0.1) is 0 Å². The van der Waals surface area contributed by atoms with Crippen LogP contribution in [0.15, 0.2) is 53.4 Å². The number of benzene rings is 2. The molecule has 31 heavy (non-hydrogen) atoms. The lowest BCUT2D eigenvalue weighted by Crippen LogP contribution is -2.45. The minimum Gasteiger partial charge on any atom is -0.372 e. The maximum absolute atomic E-state index is 13.0. The lowest BCUT2D eigenvalue weighted by molar-refractivity contribution is -0.126. The van der Waals surface area contributed by atoms with E-state index in [4.69, 9.17) is 0 Å². The van der Waals surface area contributed by atoms with Gasteiger partial charge >= 0.3 is 0 Å². The minimum atomic E-state index is -3.58. The molecule has 0 aromatic heterocycles. The van der Waals surface area contributed by atoms with Crippen LogP contribution in [0, 0.1) is 12.8 Å². The molecule has 0 unspecified atom stereocenters. The van der Waals surface area contributed by atoms with Crippen LogP contribution in [0.2, 0.25) is 0 Å². The topological polar surface area (TPSA) is 69.7 Å². The number of anilines is 1. The predicted octanol–water partition coefficient (Wildman–Crippen LogP) is 3.56. The van der Waals surface area contributed by atoms with Gasteiger partial charge in [-0.3, -0.25) is 4.79 Å². The van der Waals surface area contributed by atoms with Crippen molar-refractivity contribution in [1.29, 1.82) is 0 Å². The lowest BCUT2D eigenvalue weighted by atomic mass is 9.98. The van der Waals surface area contributed by atoms with Crippen LogP contribution in [0.3, 0.4) is 0 Å². The Balaban J connectivity index is 1.59. The van der Waals surface area contributed by atoms with Crippen molar-refractivity contribution in [2.75, 3.05) is 31.1 Å². The van der Waals surface area contributed by atoms with Crippen LogP contribution < -0.4 is 10.2 Å². The molecule has 6 nitrogen and oxygen atoms in total. The standard InChI is InChI=1S/C24H33N3O3S/c1-4-26(5-2)22-12-10-20(11-13-22)17-25-24(28)21-7-6-16-27(18-21)31(29,30)23-14-8-19(3)9-15-23/h8-15,21H,4-7,16-18H2,1-3H3,(H,25,28)/t21-/m1/s1. The Labute approximate surface area is 186 Å². The summed E-state index contributed by atoms with van der Waals surface area (Å²) in [6.45, 7) is 9.21. The number of amides is 1. The second-order valence-corrected chi connectivity index (χ2v) is 10.0. The van der Waals surface area contributed by atoms with Crippen molar-refractivity contribution in [3.05, 3.63) is 59.7 Å². The summed E-state index contributed by atoms with van der Waals surface area (Å²) in [5.41, 5.74) is 3.22. The highest BCUT2D eigenvalue weighted by Crippen LogP contribution is 2.24. The maximum atomic E-state index is 13.0. The van der Waals surface area contributed by atoms with E-state index in [1.54, 1.807) is 24.3 Å². The molecule has 0 saturated carbocycles. The zero-order valence-electron chi connectivity index (χ0n) is 18.7. The molecule has 1 fully saturated rings. The molecule has 0 bridgehead atoms. The molecule has 7 heteroatoms. The molecule has 2 aromatic rings. The summed E-state index contributed by atoms with van der Waals surface area (Å²) in [4.78, 5) is 15.3. The van der Waals surface area contributed by atoms with Crippen molar-refractivity contribution < 1.29 is 13.2 Å². The van der Waals surface area contributed by atoms with E-state index in [0.29, 0.717) is 25.9 Å². The molecule has 2 aromatic carbocycles. The Morgan fingerprint density at radius 1 is 1.06 bits per heavy atom. The van der Waals surface area contributed by atoms with Gasteiger partial charge in [0.25, 0.3) is 0 Å². The number of hydrogen-bond acceptors (Lipinski definition) is 4. The molecule has 168 valence electrons. The van der Waals surface area contributed by atoms with Crippen LogP contribution in [0.5, 0.6) is 0 Å². The highest BCUT2D eigenvalue weighted by Gasteiger charge is 2.33. The summed E-state index contributed by atoms with van der Waals surface area (Å²) >= 11 is 0. The molecule has 0 aliphatic carbocycles. The fourth-order valence-corrected chi connectivity index (χ4v) is 5.50. The Morgan fingerprint density at radius 2 is 1.71 bits per heavy atom. The van der Waals surface area contributed by atoms with E-state index < -0.39 is 10.0 Å². The highest BCUT2D eigenvalue weighted by molar-refractivity contribution is 7.89. The normalized spacial score (nSPS) is 17.3. The van der Waals surface area contributed by atoms with Crippen LogP contribution in [0.25, 0.3) is 0 Å². The molecule has 1 amide bonds. The van der Waals surface area contributed by atoms with Gasteiger partial charge in [0.1, 0.15) is 0 Å². The molecule has 1 saturated heterocycles. The molecule has 1 heterocycles. The molecule has 1 aliphatic rings. The first-order valence-electron chi connectivity index (χ1n) is 11.0. The van der Waals surface area contributed by atoms with Crippen LogP contribution in [-0.2, 0) is 21.4 Å². The number of aryl methyl sites for hydroxylation is 1. The van der Waals surface area contributed by atoms with Gasteiger partial charge in [-0.25, -0.2) is 8.42 Å². The van der Waals surface area contributed by atoms with Crippen molar-refractivity contribution in [2.45, 2.75) is 45.1 Å². The van der Waals surface area contributed by atoms with Gasteiger partial charge < -0.3 is 10.2 Å². The van der Waals surface area contributed by atoms with E-state index in [0.717, 1.165) is 24.2 Å². The first-order valence-corrected chi connectivity index (χ1v) is 12.5. The minimum absolute atomic E-state index is 0.0865. The average Bonchev–Trinajstić information content (AvgIpc) is 2.79. The molecule has 0 radical (unpaired) electrons. The predicted molar refractivity (Wildman–Crippen MR) is 125 cm³/mol. The SMILES string of the molecule is CCN(CC)c1ccc(CNC(=O)[C@@H]2CCCN(S(=O)(=O)c3ccc(C)cc3)C2)cc1. The number of nitrogens with zero attached hydrogens (tertiary/aromatic N) is 2. The third-order valence-electron chi connectivity index (χ3n) is 5.95. The lowest BCUT2D eigenvalue weighted by Gasteiger charge is -2.31. The van der Waals surface area contributed by atoms with Crippen molar-refractivity contribution >= 4 is 21.6 Å². The van der Waals surface area contributed by atoms with E-state index in [1.165, 1.54) is 9.99 Å². The zero-order valence-corrected chi connectivity index (χ0v) is 19.5. The van der Waals surface area contributed by atoms with Crippen LogP contribution in [0.4, 0.5) is 5.69 Å². The second-order valence-electron chi connectivity index (χ2n) is 8.07. The van der Waals surface area contributed by atoms with Crippen molar-refractivity contribution in [1.82, 2.24) is 9.62 Å². The fourth-order valence-electron chi connectivity index (χ4n) is 3.98. The number of carbonyl (C=O) groups excluding carboxylic acids is 1. The van der Waals surface area contributed by atoms with Gasteiger partial charge in [0, 0.05) is 38.4 Å². The summed E-state index contributed by atoms with van der Waals surface area (Å²) in [7, 11) is -3.58. The Hall–Kier alpha value is -2.38. The van der Waals surface area contributed by atoms with E-state index >= 15 is 0 Å². The Kier molecular flexibility index (Phi) is 7.73. The van der Waals surface area contributed by atoms with Crippen LogP contribution >= 0.6 is 0 Å². The average molecular weight is 444 g/mol. The second kappa shape index (κ2) is 10.3. The number of rotatable bonds is 8. The fraction of sp³-hybridized carbons (Fsp3) is 0.458. The number of carbonyl (C=O) groups is 1. The van der Waals surface area contributed by atoms with Crippen LogP contribution in [-0.4, -0.2) is 44.8 Å². The van der Waals surface area contributed by atoms with Gasteiger partial charge in [-0.2, -0.15) is 4.31 Å². The van der Waals surface area contributed by atoms with Gasteiger partial charge in [-0.05, 0) is 63.4 Å². The number of hydrogen-bond donors (Lipinski definition) is 1. The van der Waals surface area contributed by atoms with E-state index in [2.05, 4.69) is 36.2 Å². The first kappa shape index (κ1) is 23.3. The van der Waals surface area contributed by atoms with Crippen molar-refractivity contribution in [3.8, 4) is 0 Å². The van der Waals surface area contributed by atoms with Crippen molar-refractivity contribution in [2.24, 2.45) is 5.92 Å². The molecule has 3 rings (SSSR count). The quantitative estimate of drug-likeness (QED) is 0.677. The number of nitrogens with one attached hydrogen (secondary N) is 1. The van der Waals surface area contributed by atoms with Crippen molar-refractivity contribution in [3.63, 3.8) is 0 Å². The summed E-state index contributed by atoms with van der Waals surface area (Å²) in [6.07, 6.45) is 1.38. The Bertz CT molecular complexity index is 968. The monoisotopic (exact) mass is 443 g/mol. The molecule has 0 spiro atoms. The molecule has 1 atom stereocenters. The van der Waals surface area contributed by atoms with E-state index in [-0.39, 0.29) is 23.3 Å². The first-order chi connectivity index (χ1) is 14.8. The van der Waals surface area contributed by atoms with Gasteiger partial charge in [0.15, 0.2) is 0 Å². The number of piperidine rings is 1. The van der Waals surface area contributed by atoms with Gasteiger partial charge in [0.2, 0.25) is 15.9 Å². The Morgan fingerprint density at radius 3 is 2.32 bits per heavy atom. The number of sulfonamides is 1. The summed E-state index contributed by atoms with van der Waals surface area (Å²) in [5, 5.41) is 2.99. The van der Waals surface area contributed by atoms with Crippen LogP contribution in [0.1, 0.15) is 37.8 Å². The highest BCUT2D eigenvalue weighted by atomic mass is 32.2. The molecular formula is C24H33N3O3S. The maximum Gasteiger partial charge on any atom is 0.243 e. The summed E-state index contributed by atoms with van der Waals surface area (Å²) < 4.78 is 27.4. The molecular weight excluding hydrogens is 410 g/mol. The van der Waals surface area contributed by atoms with E-state index in [9.17, 15) is 13.2 Å².